The second kappa shape index (κ2) is 6.21. The Labute approximate surface area is 106 Å². The van der Waals surface area contributed by atoms with Crippen LogP contribution >= 0.6 is 0 Å². The second-order valence-corrected chi connectivity index (χ2v) is 5.97. The zero-order valence-electron chi connectivity index (χ0n) is 10.0. The van der Waals surface area contributed by atoms with Gasteiger partial charge in [-0.3, -0.25) is 0 Å². The molecule has 0 aliphatic carbocycles. The summed E-state index contributed by atoms with van der Waals surface area (Å²) < 4.78 is 0. The van der Waals surface area contributed by atoms with Crippen LogP contribution in [0.25, 0.3) is 0 Å². The van der Waals surface area contributed by atoms with Gasteiger partial charge in [-0.15, -0.1) is 12.3 Å². The summed E-state index contributed by atoms with van der Waals surface area (Å²) in [5.74, 6) is 0.544. The minimum atomic E-state index is -0.149. The van der Waals surface area contributed by atoms with E-state index in [1.165, 1.54) is 17.2 Å². The first-order valence-corrected chi connectivity index (χ1v) is 7.94. The summed E-state index contributed by atoms with van der Waals surface area (Å²) in [6.07, 6.45) is 0. The molecule has 0 aromatic heterocycles. The lowest BCUT2D eigenvalue weighted by Gasteiger charge is -2.17. The molecule has 2 aromatic rings. The van der Waals surface area contributed by atoms with Crippen molar-refractivity contribution >= 4 is 9.52 Å². The van der Waals surface area contributed by atoms with Gasteiger partial charge >= 0.3 is 0 Å². The lowest BCUT2D eigenvalue weighted by atomic mass is 9.93. The standard InChI is InChI=1S/C16H18Si/c1-2-17-13-16(14-9-5-3-6-10-14)15-11-7-4-8-12-15/h2-12,16H,1,13,17H2. The Morgan fingerprint density at radius 1 is 0.882 bits per heavy atom. The van der Waals surface area contributed by atoms with E-state index in [-0.39, 0.29) is 9.52 Å². The van der Waals surface area contributed by atoms with E-state index in [9.17, 15) is 0 Å². The summed E-state index contributed by atoms with van der Waals surface area (Å²) >= 11 is 0. The Hall–Kier alpha value is -1.60. The van der Waals surface area contributed by atoms with Crippen LogP contribution in [0.4, 0.5) is 0 Å². The Kier molecular flexibility index (Phi) is 4.34. The first-order valence-electron chi connectivity index (χ1n) is 6.12. The SMILES string of the molecule is C=C[SiH2]CC(c1ccccc1)c1ccccc1. The van der Waals surface area contributed by atoms with Crippen LogP contribution in [0.15, 0.2) is 72.9 Å². The van der Waals surface area contributed by atoms with Gasteiger partial charge in [-0.1, -0.05) is 60.7 Å². The average Bonchev–Trinajstić information content (AvgIpc) is 2.42. The molecule has 0 atom stereocenters. The second-order valence-electron chi connectivity index (χ2n) is 4.24. The van der Waals surface area contributed by atoms with Gasteiger partial charge in [0, 0.05) is 15.4 Å². The smallest absolute Gasteiger partial charge is 0.0455 e. The van der Waals surface area contributed by atoms with E-state index in [2.05, 4.69) is 72.9 Å². The predicted octanol–water partition coefficient (Wildman–Crippen LogP) is 3.55. The van der Waals surface area contributed by atoms with E-state index in [1.54, 1.807) is 0 Å². The molecule has 2 aromatic carbocycles. The molecule has 0 nitrogen and oxygen atoms in total. The van der Waals surface area contributed by atoms with Crippen LogP contribution < -0.4 is 0 Å². The molecular weight excluding hydrogens is 220 g/mol. The molecule has 0 aliphatic heterocycles. The summed E-state index contributed by atoms with van der Waals surface area (Å²) in [6, 6.07) is 22.8. The van der Waals surface area contributed by atoms with E-state index >= 15 is 0 Å². The minimum absolute atomic E-state index is 0.149. The van der Waals surface area contributed by atoms with Gasteiger partial charge in [-0.25, -0.2) is 0 Å². The maximum atomic E-state index is 3.88. The molecule has 2 rings (SSSR count). The van der Waals surface area contributed by atoms with Crippen LogP contribution in [-0.2, 0) is 0 Å². The van der Waals surface area contributed by atoms with Gasteiger partial charge in [0.05, 0.1) is 0 Å². The van der Waals surface area contributed by atoms with Crippen molar-refractivity contribution in [3.63, 3.8) is 0 Å². The number of rotatable bonds is 5. The average molecular weight is 238 g/mol. The Morgan fingerprint density at radius 2 is 1.35 bits per heavy atom. The maximum absolute atomic E-state index is 3.88. The van der Waals surface area contributed by atoms with Gasteiger partial charge in [0.15, 0.2) is 0 Å². The molecule has 17 heavy (non-hydrogen) atoms. The highest BCUT2D eigenvalue weighted by atomic mass is 28.2. The first-order chi connectivity index (χ1) is 8.42. The van der Waals surface area contributed by atoms with Gasteiger partial charge in [0.25, 0.3) is 0 Å². The van der Waals surface area contributed by atoms with E-state index in [0.29, 0.717) is 5.92 Å². The van der Waals surface area contributed by atoms with Gasteiger partial charge in [0.1, 0.15) is 0 Å². The molecule has 0 amide bonds. The highest BCUT2D eigenvalue weighted by molar-refractivity contribution is 6.42. The van der Waals surface area contributed by atoms with Crippen LogP contribution in [-0.4, -0.2) is 9.52 Å². The molecule has 0 saturated carbocycles. The fourth-order valence-electron chi connectivity index (χ4n) is 2.18. The fraction of sp³-hybridized carbons (Fsp3) is 0.125. The molecule has 0 saturated heterocycles. The molecule has 0 bridgehead atoms. The van der Waals surface area contributed by atoms with Crippen molar-refractivity contribution in [1.29, 1.82) is 0 Å². The van der Waals surface area contributed by atoms with Crippen molar-refractivity contribution < 1.29 is 0 Å². The zero-order valence-corrected chi connectivity index (χ0v) is 11.5. The van der Waals surface area contributed by atoms with Gasteiger partial charge in [0.2, 0.25) is 0 Å². The predicted molar refractivity (Wildman–Crippen MR) is 78.3 cm³/mol. The molecule has 0 fully saturated rings. The van der Waals surface area contributed by atoms with Gasteiger partial charge < -0.3 is 0 Å². The summed E-state index contributed by atoms with van der Waals surface area (Å²) in [5, 5.41) is 0. The van der Waals surface area contributed by atoms with E-state index in [4.69, 9.17) is 0 Å². The molecule has 86 valence electrons. The maximum Gasteiger partial charge on any atom is 0.0455 e. The highest BCUT2D eigenvalue weighted by Gasteiger charge is 2.12. The molecule has 0 aliphatic rings. The van der Waals surface area contributed by atoms with Crippen LogP contribution in [0.2, 0.25) is 6.04 Å². The van der Waals surface area contributed by atoms with Gasteiger partial charge in [-0.2, -0.15) is 0 Å². The van der Waals surface area contributed by atoms with Crippen LogP contribution in [0.3, 0.4) is 0 Å². The van der Waals surface area contributed by atoms with Crippen LogP contribution in [0.5, 0.6) is 0 Å². The van der Waals surface area contributed by atoms with Crippen LogP contribution in [0.1, 0.15) is 17.0 Å². The Morgan fingerprint density at radius 3 is 1.76 bits per heavy atom. The van der Waals surface area contributed by atoms with Crippen molar-refractivity contribution in [2.75, 3.05) is 0 Å². The summed E-state index contributed by atoms with van der Waals surface area (Å²) in [4.78, 5) is 0. The third-order valence-corrected chi connectivity index (χ3v) is 4.38. The lowest BCUT2D eigenvalue weighted by molar-refractivity contribution is 0.916. The monoisotopic (exact) mass is 238 g/mol. The topological polar surface area (TPSA) is 0 Å². The molecule has 1 heteroatoms. The van der Waals surface area contributed by atoms with Crippen molar-refractivity contribution in [1.82, 2.24) is 0 Å². The minimum Gasteiger partial charge on any atom is -0.109 e. The zero-order chi connectivity index (χ0) is 11.9. The first kappa shape index (κ1) is 11.9. The third kappa shape index (κ3) is 3.18. The van der Waals surface area contributed by atoms with Crippen molar-refractivity contribution in [2.45, 2.75) is 12.0 Å². The van der Waals surface area contributed by atoms with Crippen molar-refractivity contribution in [3.8, 4) is 0 Å². The fourth-order valence-corrected chi connectivity index (χ4v) is 3.42. The third-order valence-electron chi connectivity index (χ3n) is 3.06. The molecule has 0 spiro atoms. The normalized spacial score (nSPS) is 11.1. The largest absolute Gasteiger partial charge is 0.109 e. The molecule has 0 radical (unpaired) electrons. The van der Waals surface area contributed by atoms with Gasteiger partial charge in [-0.05, 0) is 17.2 Å². The van der Waals surface area contributed by atoms with Crippen molar-refractivity contribution in [2.24, 2.45) is 0 Å². The number of hydrogen-bond acceptors (Lipinski definition) is 0. The highest BCUT2D eigenvalue weighted by Crippen LogP contribution is 2.27. The number of hydrogen-bond donors (Lipinski definition) is 0. The van der Waals surface area contributed by atoms with Crippen molar-refractivity contribution in [3.05, 3.63) is 84.1 Å². The molecule has 0 N–H and O–H groups in total. The molecular formula is C16H18Si. The van der Waals surface area contributed by atoms with E-state index in [0.717, 1.165) is 0 Å². The van der Waals surface area contributed by atoms with E-state index < -0.39 is 0 Å². The Balaban J connectivity index is 2.29. The summed E-state index contributed by atoms with van der Waals surface area (Å²) in [7, 11) is -0.149. The molecule has 0 heterocycles. The molecule has 0 unspecified atom stereocenters. The van der Waals surface area contributed by atoms with Crippen LogP contribution in [0, 0.1) is 0 Å². The summed E-state index contributed by atoms with van der Waals surface area (Å²) in [6.45, 7) is 3.88. The lowest BCUT2D eigenvalue weighted by Crippen LogP contribution is -2.03. The quantitative estimate of drug-likeness (QED) is 0.699. The number of benzene rings is 2. The van der Waals surface area contributed by atoms with E-state index in [1.807, 2.05) is 0 Å². The Bertz CT molecular complexity index is 408. The summed E-state index contributed by atoms with van der Waals surface area (Å²) in [5.41, 5.74) is 4.99.